The van der Waals surface area contributed by atoms with E-state index in [0.29, 0.717) is 32.5 Å². The molecule has 0 radical (unpaired) electrons. The maximum atomic E-state index is 13.8. The van der Waals surface area contributed by atoms with Crippen LogP contribution in [0.2, 0.25) is 0 Å². The van der Waals surface area contributed by atoms with E-state index >= 15 is 0 Å². The molecule has 0 aliphatic carbocycles. The lowest BCUT2D eigenvalue weighted by molar-refractivity contribution is 0.0703. The average molecular weight is 397 g/mol. The molecule has 0 spiro atoms. The molecule has 1 saturated heterocycles. The lowest BCUT2D eigenvalue weighted by atomic mass is 10.0. The zero-order valence-corrected chi connectivity index (χ0v) is 16.1. The topological polar surface area (TPSA) is 70.7 Å². The fourth-order valence-electron chi connectivity index (χ4n) is 3.84. The van der Waals surface area contributed by atoms with Crippen LogP contribution >= 0.6 is 0 Å². The van der Waals surface area contributed by atoms with E-state index in [1.54, 1.807) is 17.0 Å². The third-order valence-corrected chi connectivity index (χ3v) is 5.43. The predicted molar refractivity (Wildman–Crippen MR) is 106 cm³/mol. The number of rotatable bonds is 4. The van der Waals surface area contributed by atoms with Crippen LogP contribution in [0.5, 0.6) is 5.75 Å². The van der Waals surface area contributed by atoms with Crippen molar-refractivity contribution >= 4 is 11.9 Å². The van der Waals surface area contributed by atoms with Crippen molar-refractivity contribution in [1.29, 1.82) is 0 Å². The Balaban J connectivity index is 1.19. The summed E-state index contributed by atoms with van der Waals surface area (Å²) in [4.78, 5) is 26.3. The Morgan fingerprint density at radius 2 is 1.79 bits per heavy atom. The Hall–Kier alpha value is -3.09. The average Bonchev–Trinajstić information content (AvgIpc) is 3.16. The summed E-state index contributed by atoms with van der Waals surface area (Å²) in [5, 5.41) is 5.83. The maximum Gasteiger partial charge on any atom is 0.315 e. The van der Waals surface area contributed by atoms with E-state index in [0.717, 1.165) is 17.7 Å². The van der Waals surface area contributed by atoms with Crippen LogP contribution in [-0.2, 0) is 6.42 Å². The molecule has 0 saturated carbocycles. The summed E-state index contributed by atoms with van der Waals surface area (Å²) in [6.07, 6.45) is 2.00. The van der Waals surface area contributed by atoms with Gasteiger partial charge in [0.1, 0.15) is 17.7 Å². The third-order valence-electron chi connectivity index (χ3n) is 5.43. The van der Waals surface area contributed by atoms with Gasteiger partial charge in [0, 0.05) is 25.6 Å². The number of hydrogen-bond donors (Lipinski definition) is 2. The van der Waals surface area contributed by atoms with E-state index < -0.39 is 5.82 Å². The van der Waals surface area contributed by atoms with Gasteiger partial charge >= 0.3 is 6.03 Å². The van der Waals surface area contributed by atoms with Gasteiger partial charge in [-0.2, -0.15) is 0 Å². The highest BCUT2D eigenvalue weighted by Crippen LogP contribution is 2.27. The number of carbonyl (C=O) groups excluding carboxylic acids is 2. The Morgan fingerprint density at radius 1 is 1.07 bits per heavy atom. The SMILES string of the molecule is O=C(NCC1Cc2ccccc2O1)NC1CCN(C(=O)c2ccccc2F)CC1. The summed E-state index contributed by atoms with van der Waals surface area (Å²) in [5.74, 6) is 0.0731. The standard InChI is InChI=1S/C22H24FN3O3/c23-19-7-3-2-6-18(19)21(27)26-11-9-16(10-12-26)25-22(28)24-14-17-13-15-5-1-4-8-20(15)29-17/h1-8,16-17H,9-14H2,(H2,24,25,28). The van der Waals surface area contributed by atoms with Gasteiger partial charge in [-0.25, -0.2) is 9.18 Å². The number of carbonyl (C=O) groups is 2. The van der Waals surface area contributed by atoms with Gasteiger partial charge in [-0.1, -0.05) is 30.3 Å². The molecule has 2 aromatic rings. The zero-order chi connectivity index (χ0) is 20.2. The summed E-state index contributed by atoms with van der Waals surface area (Å²) in [6.45, 7) is 1.41. The number of benzene rings is 2. The fourth-order valence-corrected chi connectivity index (χ4v) is 3.84. The molecule has 2 N–H and O–H groups in total. The van der Waals surface area contributed by atoms with Gasteiger partial charge in [-0.05, 0) is 36.6 Å². The molecule has 1 unspecified atom stereocenters. The lowest BCUT2D eigenvalue weighted by Gasteiger charge is -2.32. The van der Waals surface area contributed by atoms with Crippen LogP contribution in [0.25, 0.3) is 0 Å². The number of nitrogens with one attached hydrogen (secondary N) is 2. The van der Waals surface area contributed by atoms with Gasteiger partial charge < -0.3 is 20.3 Å². The highest BCUT2D eigenvalue weighted by molar-refractivity contribution is 5.94. The summed E-state index contributed by atoms with van der Waals surface area (Å²) in [7, 11) is 0. The number of likely N-dealkylation sites (tertiary alicyclic amines) is 1. The second-order valence-electron chi connectivity index (χ2n) is 7.45. The number of urea groups is 1. The molecular weight excluding hydrogens is 373 g/mol. The van der Waals surface area contributed by atoms with Crippen LogP contribution in [0.15, 0.2) is 48.5 Å². The van der Waals surface area contributed by atoms with Crippen LogP contribution in [0.3, 0.4) is 0 Å². The first-order valence-corrected chi connectivity index (χ1v) is 9.93. The van der Waals surface area contributed by atoms with E-state index in [4.69, 9.17) is 4.74 Å². The largest absolute Gasteiger partial charge is 0.488 e. The number of fused-ring (bicyclic) bond motifs is 1. The molecule has 2 heterocycles. The molecule has 1 atom stereocenters. The highest BCUT2D eigenvalue weighted by atomic mass is 19.1. The molecule has 0 aromatic heterocycles. The van der Waals surface area contributed by atoms with Gasteiger partial charge in [-0.3, -0.25) is 4.79 Å². The molecule has 1 fully saturated rings. The van der Waals surface area contributed by atoms with Crippen LogP contribution in [-0.4, -0.2) is 48.6 Å². The molecule has 4 rings (SSSR count). The first-order valence-electron chi connectivity index (χ1n) is 9.93. The minimum atomic E-state index is -0.506. The number of piperidine rings is 1. The fraction of sp³-hybridized carbons (Fsp3) is 0.364. The second kappa shape index (κ2) is 8.51. The third kappa shape index (κ3) is 4.50. The monoisotopic (exact) mass is 397 g/mol. The quantitative estimate of drug-likeness (QED) is 0.834. The number of halogens is 1. The minimum Gasteiger partial charge on any atom is -0.488 e. The van der Waals surface area contributed by atoms with Crippen molar-refractivity contribution in [3.63, 3.8) is 0 Å². The molecule has 2 aliphatic rings. The molecule has 2 aromatic carbocycles. The Morgan fingerprint density at radius 3 is 2.55 bits per heavy atom. The van der Waals surface area contributed by atoms with Crippen molar-refractivity contribution in [2.75, 3.05) is 19.6 Å². The first-order chi connectivity index (χ1) is 14.1. The smallest absolute Gasteiger partial charge is 0.315 e. The van der Waals surface area contributed by atoms with Crippen LogP contribution in [0.1, 0.15) is 28.8 Å². The molecule has 152 valence electrons. The van der Waals surface area contributed by atoms with Crippen molar-refractivity contribution in [3.05, 3.63) is 65.5 Å². The zero-order valence-electron chi connectivity index (χ0n) is 16.1. The van der Waals surface area contributed by atoms with Gasteiger partial charge in [0.15, 0.2) is 0 Å². The Labute approximate surface area is 169 Å². The molecule has 3 amide bonds. The van der Waals surface area contributed by atoms with Crippen molar-refractivity contribution in [3.8, 4) is 5.75 Å². The minimum absolute atomic E-state index is 0.0126. The lowest BCUT2D eigenvalue weighted by Crippen LogP contribution is -2.50. The number of para-hydroxylation sites is 1. The van der Waals surface area contributed by atoms with E-state index in [-0.39, 0.29) is 29.6 Å². The number of amides is 3. The Kier molecular flexibility index (Phi) is 5.64. The van der Waals surface area contributed by atoms with E-state index in [1.807, 2.05) is 24.3 Å². The van der Waals surface area contributed by atoms with Crippen molar-refractivity contribution in [2.45, 2.75) is 31.4 Å². The van der Waals surface area contributed by atoms with Gasteiger partial charge in [0.25, 0.3) is 5.91 Å². The normalized spacial score (nSPS) is 18.7. The van der Waals surface area contributed by atoms with Crippen LogP contribution < -0.4 is 15.4 Å². The van der Waals surface area contributed by atoms with Crippen molar-refractivity contribution in [1.82, 2.24) is 15.5 Å². The van der Waals surface area contributed by atoms with Gasteiger partial charge in [-0.15, -0.1) is 0 Å². The van der Waals surface area contributed by atoms with E-state index in [9.17, 15) is 14.0 Å². The summed E-state index contributed by atoms with van der Waals surface area (Å²) < 4.78 is 19.6. The molecular formula is C22H24FN3O3. The van der Waals surface area contributed by atoms with Gasteiger partial charge in [0.2, 0.25) is 0 Å². The predicted octanol–water partition coefficient (Wildman–Crippen LogP) is 2.73. The van der Waals surface area contributed by atoms with Crippen LogP contribution in [0, 0.1) is 5.82 Å². The molecule has 7 heteroatoms. The first kappa shape index (κ1) is 19.2. The summed E-state index contributed by atoms with van der Waals surface area (Å²) >= 11 is 0. The van der Waals surface area contributed by atoms with Crippen LogP contribution in [0.4, 0.5) is 9.18 Å². The number of nitrogens with zero attached hydrogens (tertiary/aromatic N) is 1. The van der Waals surface area contributed by atoms with Crippen molar-refractivity contribution < 1.29 is 18.7 Å². The molecule has 2 aliphatic heterocycles. The molecule has 29 heavy (non-hydrogen) atoms. The van der Waals surface area contributed by atoms with Gasteiger partial charge in [0.05, 0.1) is 12.1 Å². The van der Waals surface area contributed by atoms with E-state index in [2.05, 4.69) is 10.6 Å². The Bertz CT molecular complexity index is 871. The van der Waals surface area contributed by atoms with Crippen molar-refractivity contribution in [2.24, 2.45) is 0 Å². The van der Waals surface area contributed by atoms with E-state index in [1.165, 1.54) is 12.1 Å². The molecule has 6 nitrogen and oxygen atoms in total. The number of ether oxygens (including phenoxy) is 1. The summed E-state index contributed by atoms with van der Waals surface area (Å²) in [5.41, 5.74) is 1.25. The molecule has 0 bridgehead atoms. The second-order valence-corrected chi connectivity index (χ2v) is 7.45. The maximum absolute atomic E-state index is 13.8. The summed E-state index contributed by atoms with van der Waals surface area (Å²) in [6, 6.07) is 13.6. The number of hydrogen-bond acceptors (Lipinski definition) is 3. The highest BCUT2D eigenvalue weighted by Gasteiger charge is 2.27.